The van der Waals surface area contributed by atoms with E-state index < -0.39 is 11.7 Å². The number of carbonyl (C=O) groups excluding carboxylic acids is 1. The molecular formula is C15H23NO4. The Morgan fingerprint density at radius 2 is 1.70 bits per heavy atom. The Balaban J connectivity index is 2.73. The van der Waals surface area contributed by atoms with Gasteiger partial charge in [-0.2, -0.15) is 0 Å². The molecule has 0 aliphatic heterocycles. The van der Waals surface area contributed by atoms with E-state index in [9.17, 15) is 4.79 Å². The third-order valence-corrected chi connectivity index (χ3v) is 3.33. The summed E-state index contributed by atoms with van der Waals surface area (Å²) in [7, 11) is 4.69. The van der Waals surface area contributed by atoms with Gasteiger partial charge in [-0.3, -0.25) is 4.79 Å². The van der Waals surface area contributed by atoms with Crippen molar-refractivity contribution in [1.82, 2.24) is 5.32 Å². The van der Waals surface area contributed by atoms with Crippen LogP contribution < -0.4 is 10.1 Å². The lowest BCUT2D eigenvalue weighted by Gasteiger charge is -2.25. The van der Waals surface area contributed by atoms with E-state index in [0.717, 1.165) is 11.3 Å². The van der Waals surface area contributed by atoms with Gasteiger partial charge in [0.1, 0.15) is 5.75 Å². The molecule has 1 N–H and O–H groups in total. The Morgan fingerprint density at radius 3 is 2.15 bits per heavy atom. The molecule has 0 spiro atoms. The maximum atomic E-state index is 12.3. The first-order chi connectivity index (χ1) is 9.45. The number of rotatable bonds is 7. The van der Waals surface area contributed by atoms with Crippen molar-refractivity contribution in [2.45, 2.75) is 25.6 Å². The number of carbonyl (C=O) groups is 1. The minimum Gasteiger partial charge on any atom is -0.497 e. The summed E-state index contributed by atoms with van der Waals surface area (Å²) in [5.74, 6) is 0.686. The van der Waals surface area contributed by atoms with Gasteiger partial charge in [0.05, 0.1) is 19.1 Å². The molecule has 1 aromatic carbocycles. The van der Waals surface area contributed by atoms with Crippen LogP contribution in [-0.2, 0) is 19.7 Å². The molecule has 0 aliphatic rings. The highest BCUT2D eigenvalue weighted by Crippen LogP contribution is 2.25. The molecule has 0 aromatic heterocycles. The van der Waals surface area contributed by atoms with Crippen LogP contribution in [0.25, 0.3) is 0 Å². The number of hydrogen-bond donors (Lipinski definition) is 1. The number of hydrogen-bond acceptors (Lipinski definition) is 4. The van der Waals surface area contributed by atoms with E-state index in [4.69, 9.17) is 14.2 Å². The fourth-order valence-electron chi connectivity index (χ4n) is 1.80. The van der Waals surface area contributed by atoms with Crippen molar-refractivity contribution < 1.29 is 19.0 Å². The Hall–Kier alpha value is -1.59. The molecular weight excluding hydrogens is 258 g/mol. The molecule has 5 nitrogen and oxygen atoms in total. The molecule has 0 saturated heterocycles. The lowest BCUT2D eigenvalue weighted by Crippen LogP contribution is -2.43. The summed E-state index contributed by atoms with van der Waals surface area (Å²) in [4.78, 5) is 12.3. The second-order valence-electron chi connectivity index (χ2n) is 4.96. The van der Waals surface area contributed by atoms with Crippen LogP contribution in [0.2, 0.25) is 0 Å². The van der Waals surface area contributed by atoms with Crippen LogP contribution in [0, 0.1) is 0 Å². The third kappa shape index (κ3) is 3.95. The largest absolute Gasteiger partial charge is 0.497 e. The first kappa shape index (κ1) is 16.5. The van der Waals surface area contributed by atoms with E-state index in [1.54, 1.807) is 7.11 Å². The minimum atomic E-state index is -0.641. The summed E-state index contributed by atoms with van der Waals surface area (Å²) in [6.45, 7) is 4.06. The molecule has 20 heavy (non-hydrogen) atoms. The summed E-state index contributed by atoms with van der Waals surface area (Å²) in [5.41, 5.74) is 0.278. The molecule has 0 aliphatic carbocycles. The van der Waals surface area contributed by atoms with Crippen molar-refractivity contribution >= 4 is 5.91 Å². The van der Waals surface area contributed by atoms with E-state index in [1.807, 2.05) is 38.1 Å². The highest BCUT2D eigenvalue weighted by molar-refractivity contribution is 5.87. The van der Waals surface area contributed by atoms with Crippen LogP contribution in [0.3, 0.4) is 0 Å². The first-order valence-electron chi connectivity index (χ1n) is 6.44. The third-order valence-electron chi connectivity index (χ3n) is 3.33. The SMILES string of the molecule is COc1ccc(C(C)(C)C(=O)NCC(OC)OC)cc1. The fraction of sp³-hybridized carbons (Fsp3) is 0.533. The van der Waals surface area contributed by atoms with E-state index in [2.05, 4.69) is 5.32 Å². The topological polar surface area (TPSA) is 56.8 Å². The zero-order valence-electron chi connectivity index (χ0n) is 12.7. The molecule has 112 valence electrons. The highest BCUT2D eigenvalue weighted by Gasteiger charge is 2.30. The molecule has 0 unspecified atom stereocenters. The van der Waals surface area contributed by atoms with Crippen molar-refractivity contribution in [3.8, 4) is 5.75 Å². The van der Waals surface area contributed by atoms with Crippen LogP contribution >= 0.6 is 0 Å². The van der Waals surface area contributed by atoms with Crippen molar-refractivity contribution in [1.29, 1.82) is 0 Å². The Morgan fingerprint density at radius 1 is 1.15 bits per heavy atom. The number of nitrogens with one attached hydrogen (secondary N) is 1. The molecule has 0 heterocycles. The number of benzene rings is 1. The maximum absolute atomic E-state index is 12.3. The second kappa shape index (κ2) is 7.26. The van der Waals surface area contributed by atoms with Gasteiger partial charge in [0.15, 0.2) is 6.29 Å². The molecule has 0 atom stereocenters. The zero-order valence-corrected chi connectivity index (χ0v) is 12.7. The smallest absolute Gasteiger partial charge is 0.230 e. The summed E-state index contributed by atoms with van der Waals surface area (Å²) in [6, 6.07) is 7.47. The Bertz CT molecular complexity index is 424. The van der Waals surface area contributed by atoms with Crippen LogP contribution in [0.5, 0.6) is 5.75 Å². The lowest BCUT2D eigenvalue weighted by molar-refractivity contribution is -0.131. The van der Waals surface area contributed by atoms with Gasteiger partial charge in [0.2, 0.25) is 5.91 Å². The number of amides is 1. The standard InChI is InChI=1S/C15H23NO4/c1-15(2,11-6-8-12(18-3)9-7-11)14(17)16-10-13(19-4)20-5/h6-9,13H,10H2,1-5H3,(H,16,17). The monoisotopic (exact) mass is 281 g/mol. The summed E-state index contributed by atoms with van der Waals surface area (Å²) < 4.78 is 15.2. The van der Waals surface area contributed by atoms with Gasteiger partial charge in [-0.05, 0) is 31.5 Å². The average molecular weight is 281 g/mol. The highest BCUT2D eigenvalue weighted by atomic mass is 16.7. The summed E-state index contributed by atoms with van der Waals surface area (Å²) >= 11 is 0. The summed E-state index contributed by atoms with van der Waals surface area (Å²) in [5, 5.41) is 2.83. The number of ether oxygens (including phenoxy) is 3. The van der Waals surface area contributed by atoms with Gasteiger partial charge in [-0.1, -0.05) is 12.1 Å². The van der Waals surface area contributed by atoms with Gasteiger partial charge in [0.25, 0.3) is 0 Å². The average Bonchev–Trinajstić information content (AvgIpc) is 2.48. The van der Waals surface area contributed by atoms with Crippen molar-refractivity contribution in [2.24, 2.45) is 0 Å². The molecule has 0 saturated carbocycles. The van der Waals surface area contributed by atoms with Crippen LogP contribution in [0.1, 0.15) is 19.4 Å². The van der Waals surface area contributed by atoms with Crippen LogP contribution in [0.15, 0.2) is 24.3 Å². The van der Waals surface area contributed by atoms with Gasteiger partial charge < -0.3 is 19.5 Å². The van der Waals surface area contributed by atoms with E-state index in [-0.39, 0.29) is 5.91 Å². The Labute approximate surface area is 120 Å². The quantitative estimate of drug-likeness (QED) is 0.773. The predicted molar refractivity (Wildman–Crippen MR) is 76.8 cm³/mol. The van der Waals surface area contributed by atoms with Gasteiger partial charge in [-0.25, -0.2) is 0 Å². The normalized spacial score (nSPS) is 11.5. The maximum Gasteiger partial charge on any atom is 0.230 e. The Kier molecular flexibility index (Phi) is 5.98. The first-order valence-corrected chi connectivity index (χ1v) is 6.44. The molecule has 1 rings (SSSR count). The van der Waals surface area contributed by atoms with Crippen molar-refractivity contribution in [3.05, 3.63) is 29.8 Å². The van der Waals surface area contributed by atoms with Crippen molar-refractivity contribution in [2.75, 3.05) is 27.9 Å². The molecule has 0 fully saturated rings. The second-order valence-corrected chi connectivity index (χ2v) is 4.96. The predicted octanol–water partition coefficient (Wildman–Crippen LogP) is 1.71. The lowest BCUT2D eigenvalue weighted by atomic mass is 9.83. The number of methoxy groups -OCH3 is 3. The molecule has 1 amide bonds. The molecule has 1 aromatic rings. The molecule has 0 bridgehead atoms. The van der Waals surface area contributed by atoms with Gasteiger partial charge in [-0.15, -0.1) is 0 Å². The van der Waals surface area contributed by atoms with E-state index in [0.29, 0.717) is 6.54 Å². The van der Waals surface area contributed by atoms with E-state index in [1.165, 1.54) is 14.2 Å². The van der Waals surface area contributed by atoms with Crippen LogP contribution in [0.4, 0.5) is 0 Å². The molecule has 5 heteroatoms. The van der Waals surface area contributed by atoms with Crippen molar-refractivity contribution in [3.63, 3.8) is 0 Å². The minimum absolute atomic E-state index is 0.0817. The fourth-order valence-corrected chi connectivity index (χ4v) is 1.80. The van der Waals surface area contributed by atoms with Gasteiger partial charge in [0, 0.05) is 14.2 Å². The van der Waals surface area contributed by atoms with Gasteiger partial charge >= 0.3 is 0 Å². The van der Waals surface area contributed by atoms with E-state index >= 15 is 0 Å². The zero-order chi connectivity index (χ0) is 15.2. The molecule has 0 radical (unpaired) electrons. The summed E-state index contributed by atoms with van der Waals surface area (Å²) in [6.07, 6.45) is -0.439. The van der Waals surface area contributed by atoms with Crippen LogP contribution in [-0.4, -0.2) is 40.1 Å².